The van der Waals surface area contributed by atoms with Crippen LogP contribution in [0.15, 0.2) is 35.7 Å². The van der Waals surface area contributed by atoms with Crippen molar-refractivity contribution in [3.63, 3.8) is 0 Å². The summed E-state index contributed by atoms with van der Waals surface area (Å²) in [6, 6.07) is 8.75. The van der Waals surface area contributed by atoms with Crippen molar-refractivity contribution >= 4 is 40.4 Å². The normalized spacial score (nSPS) is 10.2. The molecule has 0 radical (unpaired) electrons. The molecular weight excluding hydrogens is 277 g/mol. The number of benzene rings is 1. The van der Waals surface area contributed by atoms with Crippen molar-refractivity contribution in [2.75, 3.05) is 0 Å². The van der Waals surface area contributed by atoms with Crippen molar-refractivity contribution in [1.82, 2.24) is 5.32 Å². The van der Waals surface area contributed by atoms with Crippen molar-refractivity contribution in [1.29, 1.82) is 0 Å². The Morgan fingerprint density at radius 1 is 1.24 bits per heavy atom. The molecule has 0 aliphatic heterocycles. The Hall–Kier alpha value is -1.03. The second-order valence-electron chi connectivity index (χ2n) is 3.39. The van der Waals surface area contributed by atoms with Crippen LogP contribution in [-0.4, -0.2) is 5.91 Å². The Labute approximate surface area is 113 Å². The molecule has 88 valence electrons. The van der Waals surface area contributed by atoms with Gasteiger partial charge in [-0.1, -0.05) is 29.3 Å². The average molecular weight is 286 g/mol. The first-order valence-electron chi connectivity index (χ1n) is 4.92. The Kier molecular flexibility index (Phi) is 4.05. The van der Waals surface area contributed by atoms with Crippen molar-refractivity contribution < 1.29 is 4.79 Å². The first-order chi connectivity index (χ1) is 8.16. The van der Waals surface area contributed by atoms with Gasteiger partial charge in [0.2, 0.25) is 0 Å². The van der Waals surface area contributed by atoms with Crippen molar-refractivity contribution in [2.24, 2.45) is 0 Å². The van der Waals surface area contributed by atoms with Gasteiger partial charge in [0, 0.05) is 10.4 Å². The SMILES string of the molecule is O=C(NCc1cccs1)c1ccc(Cl)c(Cl)c1. The second-order valence-corrected chi connectivity index (χ2v) is 5.24. The minimum atomic E-state index is -0.156. The molecule has 2 nitrogen and oxygen atoms in total. The van der Waals surface area contributed by atoms with Gasteiger partial charge in [-0.15, -0.1) is 11.3 Å². The summed E-state index contributed by atoms with van der Waals surface area (Å²) >= 11 is 13.2. The van der Waals surface area contributed by atoms with Gasteiger partial charge in [0.1, 0.15) is 0 Å². The number of hydrogen-bond acceptors (Lipinski definition) is 2. The number of rotatable bonds is 3. The zero-order valence-corrected chi connectivity index (χ0v) is 11.1. The van der Waals surface area contributed by atoms with Gasteiger partial charge in [0.25, 0.3) is 5.91 Å². The lowest BCUT2D eigenvalue weighted by Gasteiger charge is -2.04. The van der Waals surface area contributed by atoms with Gasteiger partial charge in [-0.25, -0.2) is 0 Å². The predicted molar refractivity (Wildman–Crippen MR) is 72.0 cm³/mol. The molecule has 2 aromatic rings. The number of halogens is 2. The molecule has 17 heavy (non-hydrogen) atoms. The topological polar surface area (TPSA) is 29.1 Å². The van der Waals surface area contributed by atoms with E-state index in [0.717, 1.165) is 4.88 Å². The van der Waals surface area contributed by atoms with E-state index in [4.69, 9.17) is 23.2 Å². The lowest BCUT2D eigenvalue weighted by molar-refractivity contribution is 0.0951. The van der Waals surface area contributed by atoms with Gasteiger partial charge < -0.3 is 5.32 Å². The van der Waals surface area contributed by atoms with E-state index in [1.54, 1.807) is 29.5 Å². The average Bonchev–Trinajstić information content (AvgIpc) is 2.82. The highest BCUT2D eigenvalue weighted by atomic mass is 35.5. The maximum absolute atomic E-state index is 11.8. The molecule has 0 saturated heterocycles. The summed E-state index contributed by atoms with van der Waals surface area (Å²) in [5.74, 6) is -0.156. The fourth-order valence-electron chi connectivity index (χ4n) is 1.32. The van der Waals surface area contributed by atoms with E-state index in [9.17, 15) is 4.79 Å². The standard InChI is InChI=1S/C12H9Cl2NOS/c13-10-4-3-8(6-11(10)14)12(16)15-7-9-2-1-5-17-9/h1-6H,7H2,(H,15,16). The smallest absolute Gasteiger partial charge is 0.251 e. The lowest BCUT2D eigenvalue weighted by atomic mass is 10.2. The molecule has 1 heterocycles. The van der Waals surface area contributed by atoms with Gasteiger partial charge in [-0.3, -0.25) is 4.79 Å². The Morgan fingerprint density at radius 3 is 2.71 bits per heavy atom. The molecular formula is C12H9Cl2NOS. The highest BCUT2D eigenvalue weighted by Crippen LogP contribution is 2.22. The van der Waals surface area contributed by atoms with Crippen LogP contribution in [0.4, 0.5) is 0 Å². The van der Waals surface area contributed by atoms with Crippen LogP contribution >= 0.6 is 34.5 Å². The largest absolute Gasteiger partial charge is 0.347 e. The highest BCUT2D eigenvalue weighted by molar-refractivity contribution is 7.09. The maximum atomic E-state index is 11.8. The Morgan fingerprint density at radius 2 is 2.06 bits per heavy atom. The summed E-state index contributed by atoms with van der Waals surface area (Å²) in [5.41, 5.74) is 0.510. The van der Waals surface area contributed by atoms with Crippen LogP contribution in [0.25, 0.3) is 0 Å². The first-order valence-corrected chi connectivity index (χ1v) is 6.56. The summed E-state index contributed by atoms with van der Waals surface area (Å²) in [6.45, 7) is 0.525. The molecule has 1 aromatic carbocycles. The van der Waals surface area contributed by atoms with Crippen molar-refractivity contribution in [3.8, 4) is 0 Å². The number of nitrogens with one attached hydrogen (secondary N) is 1. The molecule has 0 aliphatic rings. The molecule has 2 rings (SSSR count). The monoisotopic (exact) mass is 285 g/mol. The number of carbonyl (C=O) groups excluding carboxylic acids is 1. The van der Waals surface area contributed by atoms with Crippen LogP contribution in [-0.2, 0) is 6.54 Å². The highest BCUT2D eigenvalue weighted by Gasteiger charge is 2.07. The van der Waals surface area contributed by atoms with Crippen LogP contribution in [0.5, 0.6) is 0 Å². The van der Waals surface area contributed by atoms with E-state index in [2.05, 4.69) is 5.32 Å². The maximum Gasteiger partial charge on any atom is 0.251 e. The fraction of sp³-hybridized carbons (Fsp3) is 0.0833. The summed E-state index contributed by atoms with van der Waals surface area (Å²) in [7, 11) is 0. The predicted octanol–water partition coefficient (Wildman–Crippen LogP) is 3.98. The van der Waals surface area contributed by atoms with E-state index in [1.807, 2.05) is 17.5 Å². The molecule has 1 amide bonds. The molecule has 0 atom stereocenters. The van der Waals surface area contributed by atoms with Crippen LogP contribution in [0.1, 0.15) is 15.2 Å². The zero-order valence-electron chi connectivity index (χ0n) is 8.74. The van der Waals surface area contributed by atoms with Gasteiger partial charge in [-0.05, 0) is 29.6 Å². The first kappa shape index (κ1) is 12.4. The van der Waals surface area contributed by atoms with Crippen molar-refractivity contribution in [3.05, 3.63) is 56.2 Å². The second kappa shape index (κ2) is 5.54. The minimum absolute atomic E-state index is 0.156. The molecule has 1 N–H and O–H groups in total. The molecule has 0 saturated carbocycles. The van der Waals surface area contributed by atoms with Gasteiger partial charge in [-0.2, -0.15) is 0 Å². The van der Waals surface area contributed by atoms with Crippen LogP contribution < -0.4 is 5.32 Å². The van der Waals surface area contributed by atoms with Crippen LogP contribution in [0.3, 0.4) is 0 Å². The van der Waals surface area contributed by atoms with E-state index >= 15 is 0 Å². The molecule has 5 heteroatoms. The van der Waals surface area contributed by atoms with Crippen molar-refractivity contribution in [2.45, 2.75) is 6.54 Å². The molecule has 0 spiro atoms. The summed E-state index contributed by atoms with van der Waals surface area (Å²) < 4.78 is 0. The van der Waals surface area contributed by atoms with E-state index in [0.29, 0.717) is 22.2 Å². The lowest BCUT2D eigenvalue weighted by Crippen LogP contribution is -2.22. The van der Waals surface area contributed by atoms with Gasteiger partial charge in [0.15, 0.2) is 0 Å². The van der Waals surface area contributed by atoms with Gasteiger partial charge in [0.05, 0.1) is 16.6 Å². The number of amides is 1. The Balaban J connectivity index is 2.02. The van der Waals surface area contributed by atoms with E-state index in [-0.39, 0.29) is 5.91 Å². The zero-order chi connectivity index (χ0) is 12.3. The third kappa shape index (κ3) is 3.22. The van der Waals surface area contributed by atoms with Crippen LogP contribution in [0.2, 0.25) is 10.0 Å². The fourth-order valence-corrected chi connectivity index (χ4v) is 2.26. The number of carbonyl (C=O) groups is 1. The quantitative estimate of drug-likeness (QED) is 0.908. The number of thiophene rings is 1. The Bertz CT molecular complexity index is 525. The van der Waals surface area contributed by atoms with Gasteiger partial charge >= 0.3 is 0 Å². The third-order valence-electron chi connectivity index (χ3n) is 2.19. The van der Waals surface area contributed by atoms with E-state index in [1.165, 1.54) is 0 Å². The summed E-state index contributed by atoms with van der Waals surface area (Å²) in [5, 5.41) is 5.62. The number of hydrogen-bond donors (Lipinski definition) is 1. The molecule has 1 aromatic heterocycles. The van der Waals surface area contributed by atoms with Crippen LogP contribution in [0, 0.1) is 0 Å². The molecule has 0 bridgehead atoms. The molecule has 0 unspecified atom stereocenters. The molecule has 0 fully saturated rings. The summed E-state index contributed by atoms with van der Waals surface area (Å²) in [6.07, 6.45) is 0. The summed E-state index contributed by atoms with van der Waals surface area (Å²) in [4.78, 5) is 12.9. The molecule has 0 aliphatic carbocycles. The minimum Gasteiger partial charge on any atom is -0.347 e. The van der Waals surface area contributed by atoms with E-state index < -0.39 is 0 Å². The third-order valence-corrected chi connectivity index (χ3v) is 3.80.